The lowest BCUT2D eigenvalue weighted by atomic mass is 10.3. The molecule has 21 heavy (non-hydrogen) atoms. The molecule has 0 saturated heterocycles. The number of rotatable bonds is 6. The lowest BCUT2D eigenvalue weighted by molar-refractivity contribution is 0.230. The van der Waals surface area contributed by atoms with Gasteiger partial charge in [0.2, 0.25) is 0 Å². The summed E-state index contributed by atoms with van der Waals surface area (Å²) in [7, 11) is 0. The standard InChI is InChI=1S/C15H24ClN3O.HI/c1-5-17-15(19-11(2)3)18-10-12(4)20-14-8-6-7-13(16)9-14;/h6-9,11-12H,5,10H2,1-4H3,(H2,17,18,19);1H. The Bertz CT molecular complexity index is 441. The first kappa shape index (κ1) is 20.3. The molecule has 0 amide bonds. The average molecular weight is 426 g/mol. The Kier molecular flexibility index (Phi) is 10.6. The molecule has 1 unspecified atom stereocenters. The number of nitrogens with zero attached hydrogens (tertiary/aromatic N) is 1. The molecule has 2 N–H and O–H groups in total. The van der Waals surface area contributed by atoms with Crippen LogP contribution in [0.2, 0.25) is 5.02 Å². The summed E-state index contributed by atoms with van der Waals surface area (Å²) in [5, 5.41) is 7.15. The first-order valence-corrected chi connectivity index (χ1v) is 7.36. The zero-order valence-electron chi connectivity index (χ0n) is 13.0. The van der Waals surface area contributed by atoms with Gasteiger partial charge in [-0.2, -0.15) is 0 Å². The van der Waals surface area contributed by atoms with E-state index in [1.807, 2.05) is 32.0 Å². The molecule has 120 valence electrons. The second-order valence-corrected chi connectivity index (χ2v) is 5.34. The minimum atomic E-state index is -0.0175. The van der Waals surface area contributed by atoms with Crippen LogP contribution in [0.25, 0.3) is 0 Å². The van der Waals surface area contributed by atoms with E-state index in [4.69, 9.17) is 16.3 Å². The van der Waals surface area contributed by atoms with E-state index in [1.54, 1.807) is 6.07 Å². The van der Waals surface area contributed by atoms with E-state index >= 15 is 0 Å². The molecule has 0 aliphatic heterocycles. The van der Waals surface area contributed by atoms with Gasteiger partial charge < -0.3 is 15.4 Å². The summed E-state index contributed by atoms with van der Waals surface area (Å²) in [4.78, 5) is 4.51. The molecule has 6 heteroatoms. The quantitative estimate of drug-likeness (QED) is 0.415. The third kappa shape index (κ3) is 9.03. The smallest absolute Gasteiger partial charge is 0.191 e. The Labute approximate surface area is 149 Å². The van der Waals surface area contributed by atoms with Crippen molar-refractivity contribution in [2.45, 2.75) is 39.8 Å². The highest BCUT2D eigenvalue weighted by Crippen LogP contribution is 2.18. The van der Waals surface area contributed by atoms with Crippen molar-refractivity contribution in [3.05, 3.63) is 29.3 Å². The summed E-state index contributed by atoms with van der Waals surface area (Å²) in [5.41, 5.74) is 0. The van der Waals surface area contributed by atoms with Gasteiger partial charge in [-0.3, -0.25) is 0 Å². The van der Waals surface area contributed by atoms with E-state index in [-0.39, 0.29) is 30.1 Å². The molecule has 1 rings (SSSR count). The van der Waals surface area contributed by atoms with Gasteiger partial charge in [-0.25, -0.2) is 4.99 Å². The van der Waals surface area contributed by atoms with Crippen LogP contribution in [0.5, 0.6) is 5.75 Å². The van der Waals surface area contributed by atoms with E-state index in [0.717, 1.165) is 18.3 Å². The van der Waals surface area contributed by atoms with Gasteiger partial charge in [0.15, 0.2) is 5.96 Å². The highest BCUT2D eigenvalue weighted by atomic mass is 127. The molecule has 0 aliphatic rings. The van der Waals surface area contributed by atoms with Crippen LogP contribution in [0.1, 0.15) is 27.7 Å². The van der Waals surface area contributed by atoms with E-state index < -0.39 is 0 Å². The average Bonchev–Trinajstić information content (AvgIpc) is 2.35. The molecule has 0 saturated carbocycles. The zero-order valence-corrected chi connectivity index (χ0v) is 16.1. The van der Waals surface area contributed by atoms with Gasteiger partial charge in [-0.1, -0.05) is 17.7 Å². The van der Waals surface area contributed by atoms with Crippen LogP contribution in [-0.2, 0) is 0 Å². The molecular formula is C15H25ClIN3O. The molecule has 0 bridgehead atoms. The first-order chi connectivity index (χ1) is 9.51. The van der Waals surface area contributed by atoms with Crippen molar-refractivity contribution < 1.29 is 4.74 Å². The molecule has 0 radical (unpaired) electrons. The summed E-state index contributed by atoms with van der Waals surface area (Å²) in [6.07, 6.45) is -0.0175. The van der Waals surface area contributed by atoms with Crippen molar-refractivity contribution in [1.29, 1.82) is 0 Å². The fourth-order valence-corrected chi connectivity index (χ4v) is 1.80. The van der Waals surface area contributed by atoms with Crippen LogP contribution >= 0.6 is 35.6 Å². The molecule has 1 aromatic rings. The molecule has 1 atom stereocenters. The van der Waals surface area contributed by atoms with Crippen molar-refractivity contribution in [1.82, 2.24) is 10.6 Å². The monoisotopic (exact) mass is 425 g/mol. The molecule has 4 nitrogen and oxygen atoms in total. The van der Waals surface area contributed by atoms with Gasteiger partial charge in [0.1, 0.15) is 11.9 Å². The van der Waals surface area contributed by atoms with Crippen LogP contribution in [0, 0.1) is 0 Å². The summed E-state index contributed by atoms with van der Waals surface area (Å²) in [6, 6.07) is 7.74. The highest BCUT2D eigenvalue weighted by Gasteiger charge is 2.05. The van der Waals surface area contributed by atoms with E-state index in [9.17, 15) is 0 Å². The number of aliphatic imine (C=N–C) groups is 1. The number of hydrogen-bond donors (Lipinski definition) is 2. The number of ether oxygens (including phenoxy) is 1. The largest absolute Gasteiger partial charge is 0.489 e. The van der Waals surface area contributed by atoms with Crippen molar-refractivity contribution >= 4 is 41.5 Å². The highest BCUT2D eigenvalue weighted by molar-refractivity contribution is 14.0. The lowest BCUT2D eigenvalue weighted by Gasteiger charge is -2.16. The number of hydrogen-bond acceptors (Lipinski definition) is 2. The second kappa shape index (κ2) is 11.0. The minimum absolute atomic E-state index is 0. The Morgan fingerprint density at radius 2 is 2.05 bits per heavy atom. The number of halogens is 2. The van der Waals surface area contributed by atoms with Crippen LogP contribution in [0.4, 0.5) is 0 Å². The normalized spacial score (nSPS) is 12.6. The Hall–Kier alpha value is -0.690. The maximum Gasteiger partial charge on any atom is 0.191 e. The van der Waals surface area contributed by atoms with E-state index in [1.165, 1.54) is 0 Å². The van der Waals surface area contributed by atoms with Gasteiger partial charge in [-0.15, -0.1) is 24.0 Å². The fourth-order valence-electron chi connectivity index (χ4n) is 1.62. The van der Waals surface area contributed by atoms with Gasteiger partial charge in [0.05, 0.1) is 6.54 Å². The minimum Gasteiger partial charge on any atom is -0.489 e. The summed E-state index contributed by atoms with van der Waals surface area (Å²) in [5.74, 6) is 1.58. The summed E-state index contributed by atoms with van der Waals surface area (Å²) in [6.45, 7) is 9.61. The third-order valence-electron chi connectivity index (χ3n) is 2.41. The van der Waals surface area contributed by atoms with Crippen LogP contribution in [-0.4, -0.2) is 31.2 Å². The van der Waals surface area contributed by atoms with Gasteiger partial charge in [0, 0.05) is 17.6 Å². The predicted molar refractivity (Wildman–Crippen MR) is 101 cm³/mol. The molecule has 0 aliphatic carbocycles. The van der Waals surface area contributed by atoms with E-state index in [2.05, 4.69) is 29.5 Å². The van der Waals surface area contributed by atoms with Crippen LogP contribution in [0.15, 0.2) is 29.3 Å². The SMILES string of the molecule is CCNC(=NCC(C)Oc1cccc(Cl)c1)NC(C)C.I. The molecule has 0 heterocycles. The van der Waals surface area contributed by atoms with Crippen molar-refractivity contribution in [2.75, 3.05) is 13.1 Å². The topological polar surface area (TPSA) is 45.7 Å². The maximum absolute atomic E-state index is 5.93. The number of benzene rings is 1. The maximum atomic E-state index is 5.93. The summed E-state index contributed by atoms with van der Waals surface area (Å²) >= 11 is 5.93. The number of nitrogens with one attached hydrogen (secondary N) is 2. The van der Waals surface area contributed by atoms with Gasteiger partial charge in [0.25, 0.3) is 0 Å². The molecule has 0 spiro atoms. The van der Waals surface area contributed by atoms with Crippen molar-refractivity contribution in [2.24, 2.45) is 4.99 Å². The first-order valence-electron chi connectivity index (χ1n) is 6.98. The van der Waals surface area contributed by atoms with Crippen LogP contribution in [0.3, 0.4) is 0 Å². The molecule has 0 fully saturated rings. The molecule has 1 aromatic carbocycles. The third-order valence-corrected chi connectivity index (χ3v) is 2.64. The Morgan fingerprint density at radius 3 is 2.62 bits per heavy atom. The molecular weight excluding hydrogens is 401 g/mol. The lowest BCUT2D eigenvalue weighted by Crippen LogP contribution is -2.41. The van der Waals surface area contributed by atoms with E-state index in [0.29, 0.717) is 17.6 Å². The second-order valence-electron chi connectivity index (χ2n) is 4.90. The Balaban J connectivity index is 0.00000400. The summed E-state index contributed by atoms with van der Waals surface area (Å²) < 4.78 is 5.78. The fraction of sp³-hybridized carbons (Fsp3) is 0.533. The predicted octanol–water partition coefficient (Wildman–Crippen LogP) is 3.69. The van der Waals surface area contributed by atoms with Crippen LogP contribution < -0.4 is 15.4 Å². The Morgan fingerprint density at radius 1 is 1.33 bits per heavy atom. The van der Waals surface area contributed by atoms with Gasteiger partial charge >= 0.3 is 0 Å². The van der Waals surface area contributed by atoms with Gasteiger partial charge in [-0.05, 0) is 45.9 Å². The van der Waals surface area contributed by atoms with Crippen molar-refractivity contribution in [3.63, 3.8) is 0 Å². The number of guanidine groups is 1. The van der Waals surface area contributed by atoms with Crippen molar-refractivity contribution in [3.8, 4) is 5.75 Å². The zero-order chi connectivity index (χ0) is 15.0. The molecule has 0 aromatic heterocycles.